The molecular weight excluding hydrogens is 251 g/mol. The van der Waals surface area contributed by atoms with Crippen LogP contribution in [-0.4, -0.2) is 20.3 Å². The summed E-state index contributed by atoms with van der Waals surface area (Å²) in [6.45, 7) is 1.18. The number of ether oxygens (including phenoxy) is 2. The maximum Gasteiger partial charge on any atom is 0.128 e. The zero-order chi connectivity index (χ0) is 10.4. The van der Waals surface area contributed by atoms with Gasteiger partial charge >= 0.3 is 0 Å². The SMILES string of the molecule is COCCCOc1cc(F)cc(Br)c1. The molecular formula is C10H12BrFO2. The fraction of sp³-hybridized carbons (Fsp3) is 0.400. The number of halogens is 2. The van der Waals surface area contributed by atoms with E-state index in [2.05, 4.69) is 15.9 Å². The quantitative estimate of drug-likeness (QED) is 0.760. The number of hydrogen-bond donors (Lipinski definition) is 0. The number of rotatable bonds is 5. The van der Waals surface area contributed by atoms with Gasteiger partial charge in [0, 0.05) is 30.7 Å². The Morgan fingerprint density at radius 2 is 2.07 bits per heavy atom. The largest absolute Gasteiger partial charge is 0.493 e. The molecule has 4 heteroatoms. The average molecular weight is 263 g/mol. The lowest BCUT2D eigenvalue weighted by atomic mass is 10.3. The van der Waals surface area contributed by atoms with Crippen molar-refractivity contribution in [2.75, 3.05) is 20.3 Å². The summed E-state index contributed by atoms with van der Waals surface area (Å²) in [7, 11) is 1.64. The second-order valence-corrected chi connectivity index (χ2v) is 3.72. The van der Waals surface area contributed by atoms with E-state index in [-0.39, 0.29) is 5.82 Å². The van der Waals surface area contributed by atoms with Crippen LogP contribution in [0.3, 0.4) is 0 Å². The molecule has 14 heavy (non-hydrogen) atoms. The lowest BCUT2D eigenvalue weighted by Crippen LogP contribution is -2.01. The van der Waals surface area contributed by atoms with E-state index in [9.17, 15) is 4.39 Å². The Kier molecular flexibility index (Phi) is 4.90. The van der Waals surface area contributed by atoms with Crippen molar-refractivity contribution in [1.82, 2.24) is 0 Å². The Balaban J connectivity index is 2.42. The predicted octanol–water partition coefficient (Wildman–Crippen LogP) is 3.00. The van der Waals surface area contributed by atoms with E-state index in [1.165, 1.54) is 12.1 Å². The standard InChI is InChI=1S/C10H12BrFO2/c1-13-3-2-4-14-10-6-8(11)5-9(12)7-10/h5-7H,2-4H2,1H3. The molecule has 0 fully saturated rings. The molecule has 0 spiro atoms. The summed E-state index contributed by atoms with van der Waals surface area (Å²) in [5, 5.41) is 0. The van der Waals surface area contributed by atoms with Crippen LogP contribution in [0.1, 0.15) is 6.42 Å². The smallest absolute Gasteiger partial charge is 0.128 e. The Labute approximate surface area is 91.2 Å². The molecule has 1 aromatic rings. The minimum Gasteiger partial charge on any atom is -0.493 e. The third-order valence-corrected chi connectivity index (χ3v) is 2.06. The molecule has 0 saturated heterocycles. The van der Waals surface area contributed by atoms with Gasteiger partial charge in [-0.3, -0.25) is 0 Å². The van der Waals surface area contributed by atoms with Gasteiger partial charge in [0.15, 0.2) is 0 Å². The highest BCUT2D eigenvalue weighted by atomic mass is 79.9. The molecule has 0 N–H and O–H groups in total. The summed E-state index contributed by atoms with van der Waals surface area (Å²) in [4.78, 5) is 0. The molecule has 0 bridgehead atoms. The van der Waals surface area contributed by atoms with E-state index in [1.807, 2.05) is 0 Å². The van der Waals surface area contributed by atoms with Crippen LogP contribution in [0.25, 0.3) is 0 Å². The van der Waals surface area contributed by atoms with Crippen LogP contribution in [-0.2, 0) is 4.74 Å². The third-order valence-electron chi connectivity index (χ3n) is 1.60. The lowest BCUT2D eigenvalue weighted by molar-refractivity contribution is 0.172. The zero-order valence-corrected chi connectivity index (χ0v) is 9.51. The molecule has 0 aliphatic carbocycles. The molecule has 1 rings (SSSR count). The van der Waals surface area contributed by atoms with E-state index in [4.69, 9.17) is 9.47 Å². The summed E-state index contributed by atoms with van der Waals surface area (Å²) < 4.78 is 23.7. The molecule has 0 atom stereocenters. The van der Waals surface area contributed by atoms with Gasteiger partial charge in [-0.2, -0.15) is 0 Å². The number of hydrogen-bond acceptors (Lipinski definition) is 2. The van der Waals surface area contributed by atoms with Gasteiger partial charge in [0.05, 0.1) is 6.61 Å². The van der Waals surface area contributed by atoms with Crippen molar-refractivity contribution in [2.24, 2.45) is 0 Å². The van der Waals surface area contributed by atoms with Crippen LogP contribution in [0, 0.1) is 5.82 Å². The summed E-state index contributed by atoms with van der Waals surface area (Å²) in [5.41, 5.74) is 0. The molecule has 0 aliphatic heterocycles. The second kappa shape index (κ2) is 5.98. The van der Waals surface area contributed by atoms with E-state index in [1.54, 1.807) is 13.2 Å². The highest BCUT2D eigenvalue weighted by Crippen LogP contribution is 2.20. The van der Waals surface area contributed by atoms with Crippen molar-refractivity contribution < 1.29 is 13.9 Å². The van der Waals surface area contributed by atoms with Gasteiger partial charge in [-0.25, -0.2) is 4.39 Å². The minimum atomic E-state index is -0.305. The van der Waals surface area contributed by atoms with Crippen molar-refractivity contribution in [3.8, 4) is 5.75 Å². The molecule has 2 nitrogen and oxygen atoms in total. The van der Waals surface area contributed by atoms with Crippen molar-refractivity contribution in [2.45, 2.75) is 6.42 Å². The average Bonchev–Trinajstić information content (AvgIpc) is 2.11. The van der Waals surface area contributed by atoms with Gasteiger partial charge in [-0.1, -0.05) is 15.9 Å². The molecule has 0 amide bonds. The topological polar surface area (TPSA) is 18.5 Å². The Morgan fingerprint density at radius 1 is 1.29 bits per heavy atom. The fourth-order valence-electron chi connectivity index (χ4n) is 1.01. The number of benzene rings is 1. The first-order valence-electron chi connectivity index (χ1n) is 4.30. The highest BCUT2D eigenvalue weighted by molar-refractivity contribution is 9.10. The highest BCUT2D eigenvalue weighted by Gasteiger charge is 1.99. The molecule has 0 aliphatic rings. The summed E-state index contributed by atoms with van der Waals surface area (Å²) in [5.74, 6) is 0.231. The lowest BCUT2D eigenvalue weighted by Gasteiger charge is -2.06. The van der Waals surface area contributed by atoms with E-state index < -0.39 is 0 Å². The van der Waals surface area contributed by atoms with Crippen LogP contribution >= 0.6 is 15.9 Å². The van der Waals surface area contributed by atoms with Crippen LogP contribution in [0.4, 0.5) is 4.39 Å². The van der Waals surface area contributed by atoms with E-state index in [0.29, 0.717) is 23.4 Å². The first-order chi connectivity index (χ1) is 6.72. The monoisotopic (exact) mass is 262 g/mol. The van der Waals surface area contributed by atoms with Crippen molar-refractivity contribution >= 4 is 15.9 Å². The van der Waals surface area contributed by atoms with E-state index >= 15 is 0 Å². The van der Waals surface area contributed by atoms with Gasteiger partial charge in [0.25, 0.3) is 0 Å². The second-order valence-electron chi connectivity index (χ2n) is 2.80. The maximum atomic E-state index is 12.9. The fourth-order valence-corrected chi connectivity index (χ4v) is 1.45. The van der Waals surface area contributed by atoms with Crippen molar-refractivity contribution in [1.29, 1.82) is 0 Å². The zero-order valence-electron chi connectivity index (χ0n) is 7.93. The Hall–Kier alpha value is -0.610. The summed E-state index contributed by atoms with van der Waals surface area (Å²) in [6, 6.07) is 4.48. The third kappa shape index (κ3) is 4.07. The van der Waals surface area contributed by atoms with Crippen LogP contribution in [0.15, 0.2) is 22.7 Å². The minimum absolute atomic E-state index is 0.305. The Bertz CT molecular complexity index is 271. The number of methoxy groups -OCH3 is 1. The van der Waals surface area contributed by atoms with Gasteiger partial charge < -0.3 is 9.47 Å². The van der Waals surface area contributed by atoms with Gasteiger partial charge in [-0.05, 0) is 12.1 Å². The predicted molar refractivity (Wildman–Crippen MR) is 56.1 cm³/mol. The van der Waals surface area contributed by atoms with E-state index in [0.717, 1.165) is 6.42 Å². The van der Waals surface area contributed by atoms with Gasteiger partial charge in [-0.15, -0.1) is 0 Å². The molecule has 0 saturated carbocycles. The van der Waals surface area contributed by atoms with Crippen LogP contribution < -0.4 is 4.74 Å². The molecule has 0 unspecified atom stereocenters. The van der Waals surface area contributed by atoms with Crippen molar-refractivity contribution in [3.05, 3.63) is 28.5 Å². The molecule has 1 aromatic carbocycles. The van der Waals surface area contributed by atoms with Gasteiger partial charge in [0.1, 0.15) is 11.6 Å². The molecule has 0 aromatic heterocycles. The van der Waals surface area contributed by atoms with Crippen LogP contribution in [0.2, 0.25) is 0 Å². The maximum absolute atomic E-state index is 12.9. The molecule has 0 radical (unpaired) electrons. The molecule has 78 valence electrons. The van der Waals surface area contributed by atoms with Gasteiger partial charge in [0.2, 0.25) is 0 Å². The summed E-state index contributed by atoms with van der Waals surface area (Å²) >= 11 is 3.19. The first-order valence-corrected chi connectivity index (χ1v) is 5.09. The van der Waals surface area contributed by atoms with Crippen LogP contribution in [0.5, 0.6) is 5.75 Å². The summed E-state index contributed by atoms with van der Waals surface area (Å²) in [6.07, 6.45) is 0.796. The molecule has 0 heterocycles. The van der Waals surface area contributed by atoms with Crippen molar-refractivity contribution in [3.63, 3.8) is 0 Å². The Morgan fingerprint density at radius 3 is 2.71 bits per heavy atom. The normalized spacial score (nSPS) is 10.2. The first kappa shape index (κ1) is 11.5.